The molecule has 0 aromatic heterocycles. The Labute approximate surface area is 105 Å². The van der Waals surface area contributed by atoms with Gasteiger partial charge in [-0.2, -0.15) is 0 Å². The van der Waals surface area contributed by atoms with Crippen molar-refractivity contribution in [3.63, 3.8) is 0 Å². The zero-order chi connectivity index (χ0) is 12.4. The van der Waals surface area contributed by atoms with Crippen LogP contribution in [0.25, 0.3) is 0 Å². The highest BCUT2D eigenvalue weighted by Crippen LogP contribution is 2.33. The Morgan fingerprint density at radius 3 is 2.59 bits per heavy atom. The summed E-state index contributed by atoms with van der Waals surface area (Å²) in [6.07, 6.45) is 6.47. The summed E-state index contributed by atoms with van der Waals surface area (Å²) >= 11 is 0. The van der Waals surface area contributed by atoms with Gasteiger partial charge in [-0.25, -0.2) is 0 Å². The summed E-state index contributed by atoms with van der Waals surface area (Å²) in [5.74, 6) is 1.63. The van der Waals surface area contributed by atoms with E-state index in [-0.39, 0.29) is 6.04 Å². The first-order chi connectivity index (χ1) is 8.13. The summed E-state index contributed by atoms with van der Waals surface area (Å²) in [6.45, 7) is 7.41. The van der Waals surface area contributed by atoms with E-state index in [0.717, 1.165) is 25.3 Å². The van der Waals surface area contributed by atoms with E-state index < -0.39 is 0 Å². The standard InChI is InChI=1S/C14H26N2O/c1-4-5-12-15-13(10(2)3)14(17)16(12)9-8-11-6-7-11/h10-13,15H,4-9H2,1-3H3. The second-order valence-corrected chi connectivity index (χ2v) is 5.96. The summed E-state index contributed by atoms with van der Waals surface area (Å²) in [5.41, 5.74) is 0. The third-order valence-corrected chi connectivity index (χ3v) is 4.00. The van der Waals surface area contributed by atoms with E-state index in [4.69, 9.17) is 0 Å². The Kier molecular flexibility index (Phi) is 4.08. The molecule has 0 radical (unpaired) electrons. The fourth-order valence-electron chi connectivity index (χ4n) is 2.69. The number of carbonyl (C=O) groups is 1. The van der Waals surface area contributed by atoms with E-state index in [1.165, 1.54) is 19.3 Å². The fraction of sp³-hybridized carbons (Fsp3) is 0.929. The number of carbonyl (C=O) groups excluding carboxylic acids is 1. The van der Waals surface area contributed by atoms with Gasteiger partial charge in [-0.3, -0.25) is 10.1 Å². The first kappa shape index (κ1) is 12.9. The lowest BCUT2D eigenvalue weighted by Gasteiger charge is -2.23. The fourth-order valence-corrected chi connectivity index (χ4v) is 2.69. The second kappa shape index (κ2) is 5.38. The van der Waals surface area contributed by atoms with Gasteiger partial charge in [0.25, 0.3) is 0 Å². The van der Waals surface area contributed by atoms with Gasteiger partial charge in [0.2, 0.25) is 5.91 Å². The first-order valence-electron chi connectivity index (χ1n) is 7.20. The predicted octanol–water partition coefficient (Wildman–Crippen LogP) is 2.37. The molecule has 1 saturated carbocycles. The molecule has 1 N–H and O–H groups in total. The Morgan fingerprint density at radius 2 is 2.06 bits per heavy atom. The van der Waals surface area contributed by atoms with E-state index in [1.807, 2.05) is 0 Å². The molecule has 1 saturated heterocycles. The van der Waals surface area contributed by atoms with Crippen molar-refractivity contribution >= 4 is 5.91 Å². The highest BCUT2D eigenvalue weighted by molar-refractivity contribution is 5.84. The highest BCUT2D eigenvalue weighted by Gasteiger charge is 2.39. The van der Waals surface area contributed by atoms with E-state index in [0.29, 0.717) is 18.0 Å². The van der Waals surface area contributed by atoms with Crippen molar-refractivity contribution < 1.29 is 4.79 Å². The third kappa shape index (κ3) is 3.01. The van der Waals surface area contributed by atoms with Crippen LogP contribution in [-0.4, -0.2) is 29.6 Å². The molecule has 0 bridgehead atoms. The van der Waals surface area contributed by atoms with E-state index in [9.17, 15) is 4.79 Å². The SMILES string of the molecule is CCCC1NC(C(C)C)C(=O)N1CCC1CC1. The summed E-state index contributed by atoms with van der Waals surface area (Å²) in [6, 6.07) is 0.0470. The second-order valence-electron chi connectivity index (χ2n) is 5.96. The van der Waals surface area contributed by atoms with Gasteiger partial charge in [-0.1, -0.05) is 40.0 Å². The average Bonchev–Trinajstić information content (AvgIpc) is 3.04. The van der Waals surface area contributed by atoms with Gasteiger partial charge in [0.1, 0.15) is 0 Å². The molecule has 2 fully saturated rings. The van der Waals surface area contributed by atoms with E-state index >= 15 is 0 Å². The van der Waals surface area contributed by atoms with Crippen LogP contribution in [0.5, 0.6) is 0 Å². The van der Waals surface area contributed by atoms with Crippen LogP contribution >= 0.6 is 0 Å². The molecule has 17 heavy (non-hydrogen) atoms. The molecule has 1 amide bonds. The molecule has 1 aliphatic carbocycles. The van der Waals surface area contributed by atoms with Crippen LogP contribution in [0.4, 0.5) is 0 Å². The monoisotopic (exact) mass is 238 g/mol. The zero-order valence-corrected chi connectivity index (χ0v) is 11.4. The Morgan fingerprint density at radius 1 is 1.35 bits per heavy atom. The minimum absolute atomic E-state index is 0.0470. The van der Waals surface area contributed by atoms with Crippen molar-refractivity contribution in [2.45, 2.75) is 65.1 Å². The number of hydrogen-bond acceptors (Lipinski definition) is 2. The molecule has 3 nitrogen and oxygen atoms in total. The minimum atomic E-state index is 0.0470. The molecule has 0 aromatic carbocycles. The van der Waals surface area contributed by atoms with Crippen LogP contribution < -0.4 is 5.32 Å². The average molecular weight is 238 g/mol. The van der Waals surface area contributed by atoms with Crippen molar-refractivity contribution in [3.8, 4) is 0 Å². The lowest BCUT2D eigenvalue weighted by Crippen LogP contribution is -2.38. The molecule has 1 heterocycles. The molecule has 0 aromatic rings. The summed E-state index contributed by atoms with van der Waals surface area (Å²) in [4.78, 5) is 14.4. The maximum Gasteiger partial charge on any atom is 0.241 e. The number of nitrogens with zero attached hydrogens (tertiary/aromatic N) is 1. The minimum Gasteiger partial charge on any atom is -0.326 e. The summed E-state index contributed by atoms with van der Waals surface area (Å²) in [5, 5.41) is 3.51. The van der Waals surface area contributed by atoms with Crippen molar-refractivity contribution in [2.24, 2.45) is 11.8 Å². The Balaban J connectivity index is 1.94. The van der Waals surface area contributed by atoms with Crippen molar-refractivity contribution in [3.05, 3.63) is 0 Å². The van der Waals surface area contributed by atoms with Crippen LogP contribution in [0.1, 0.15) is 52.9 Å². The van der Waals surface area contributed by atoms with Gasteiger partial charge in [-0.15, -0.1) is 0 Å². The maximum absolute atomic E-state index is 12.3. The molecular weight excluding hydrogens is 212 g/mol. The van der Waals surface area contributed by atoms with Crippen molar-refractivity contribution in [1.29, 1.82) is 0 Å². The van der Waals surface area contributed by atoms with E-state index in [1.54, 1.807) is 0 Å². The lowest BCUT2D eigenvalue weighted by atomic mass is 10.1. The van der Waals surface area contributed by atoms with Crippen molar-refractivity contribution in [2.75, 3.05) is 6.54 Å². The predicted molar refractivity (Wildman–Crippen MR) is 69.5 cm³/mol. The van der Waals surface area contributed by atoms with Crippen molar-refractivity contribution in [1.82, 2.24) is 10.2 Å². The summed E-state index contributed by atoms with van der Waals surface area (Å²) in [7, 11) is 0. The molecular formula is C14H26N2O. The van der Waals surface area contributed by atoms with Gasteiger partial charge >= 0.3 is 0 Å². The van der Waals surface area contributed by atoms with Crippen LogP contribution in [-0.2, 0) is 4.79 Å². The normalized spacial score (nSPS) is 29.4. The molecule has 98 valence electrons. The molecule has 0 spiro atoms. The van der Waals surface area contributed by atoms with Crippen LogP contribution in [0.2, 0.25) is 0 Å². The van der Waals surface area contributed by atoms with Gasteiger partial charge < -0.3 is 4.90 Å². The number of hydrogen-bond donors (Lipinski definition) is 1. The molecule has 2 atom stereocenters. The van der Waals surface area contributed by atoms with Gasteiger partial charge in [0.05, 0.1) is 12.2 Å². The number of amides is 1. The Hall–Kier alpha value is -0.570. The van der Waals surface area contributed by atoms with Gasteiger partial charge in [0.15, 0.2) is 0 Å². The third-order valence-electron chi connectivity index (χ3n) is 4.00. The smallest absolute Gasteiger partial charge is 0.241 e. The quantitative estimate of drug-likeness (QED) is 0.770. The molecule has 2 unspecified atom stereocenters. The molecule has 1 aliphatic heterocycles. The molecule has 2 rings (SSSR count). The number of rotatable bonds is 6. The van der Waals surface area contributed by atoms with Crippen LogP contribution in [0, 0.1) is 11.8 Å². The first-order valence-corrected chi connectivity index (χ1v) is 7.20. The largest absolute Gasteiger partial charge is 0.326 e. The van der Waals surface area contributed by atoms with Crippen LogP contribution in [0.15, 0.2) is 0 Å². The topological polar surface area (TPSA) is 32.3 Å². The van der Waals surface area contributed by atoms with Gasteiger partial charge in [0, 0.05) is 6.54 Å². The van der Waals surface area contributed by atoms with E-state index in [2.05, 4.69) is 31.0 Å². The highest BCUT2D eigenvalue weighted by atomic mass is 16.2. The maximum atomic E-state index is 12.3. The van der Waals surface area contributed by atoms with Gasteiger partial charge in [-0.05, 0) is 24.7 Å². The summed E-state index contributed by atoms with van der Waals surface area (Å²) < 4.78 is 0. The lowest BCUT2D eigenvalue weighted by molar-refractivity contribution is -0.130. The number of nitrogens with one attached hydrogen (secondary N) is 1. The Bertz CT molecular complexity index is 273. The molecule has 3 heteroatoms. The molecule has 2 aliphatic rings. The van der Waals surface area contributed by atoms with Crippen LogP contribution in [0.3, 0.4) is 0 Å². The zero-order valence-electron chi connectivity index (χ0n) is 11.4.